The second kappa shape index (κ2) is 10.00. The van der Waals surface area contributed by atoms with Crippen LogP contribution in [0, 0.1) is 0 Å². The fourth-order valence-electron chi connectivity index (χ4n) is 2.77. The van der Waals surface area contributed by atoms with Crippen LogP contribution < -0.4 is 10.1 Å². The second-order valence-corrected chi connectivity index (χ2v) is 7.56. The number of rotatable bonds is 8. The summed E-state index contributed by atoms with van der Waals surface area (Å²) in [6.45, 7) is 3.84. The fourth-order valence-corrected chi connectivity index (χ4v) is 3.64. The first-order valence-electron chi connectivity index (χ1n) is 9.48. The van der Waals surface area contributed by atoms with Crippen LogP contribution in [0.25, 0.3) is 0 Å². The molecule has 1 amide bonds. The average Bonchev–Trinajstić information content (AvgIpc) is 2.74. The molecule has 144 valence electrons. The molecule has 0 radical (unpaired) electrons. The summed E-state index contributed by atoms with van der Waals surface area (Å²) in [5.41, 5.74) is 3.09. The third-order valence-electron chi connectivity index (χ3n) is 4.40. The van der Waals surface area contributed by atoms with Crippen molar-refractivity contribution in [2.75, 3.05) is 5.32 Å². The van der Waals surface area contributed by atoms with Crippen LogP contribution in [0.3, 0.4) is 0 Å². The molecule has 0 bridgehead atoms. The van der Waals surface area contributed by atoms with Gasteiger partial charge in [-0.05, 0) is 54.8 Å². The SMILES string of the molecule is CCc1ccccc1O[C@@H](C)C(=O)Nc1ccc(CSc2ccccc2)cc1. The van der Waals surface area contributed by atoms with Crippen molar-refractivity contribution in [2.45, 2.75) is 37.0 Å². The molecule has 4 heteroatoms. The zero-order chi connectivity index (χ0) is 19.8. The Labute approximate surface area is 171 Å². The summed E-state index contributed by atoms with van der Waals surface area (Å²) >= 11 is 1.80. The number of aryl methyl sites for hydroxylation is 1. The third-order valence-corrected chi connectivity index (χ3v) is 5.48. The summed E-state index contributed by atoms with van der Waals surface area (Å²) in [6, 6.07) is 26.1. The van der Waals surface area contributed by atoms with E-state index in [0.29, 0.717) is 0 Å². The highest BCUT2D eigenvalue weighted by Gasteiger charge is 2.16. The monoisotopic (exact) mass is 391 g/mol. The van der Waals surface area contributed by atoms with Crippen LogP contribution in [0.15, 0.2) is 83.8 Å². The van der Waals surface area contributed by atoms with E-state index in [9.17, 15) is 4.79 Å². The minimum absolute atomic E-state index is 0.155. The molecule has 1 N–H and O–H groups in total. The van der Waals surface area contributed by atoms with Gasteiger partial charge in [0.1, 0.15) is 5.75 Å². The molecule has 0 fully saturated rings. The van der Waals surface area contributed by atoms with Crippen LogP contribution in [0.1, 0.15) is 25.0 Å². The maximum absolute atomic E-state index is 12.5. The van der Waals surface area contributed by atoms with Gasteiger partial charge < -0.3 is 10.1 Å². The summed E-state index contributed by atoms with van der Waals surface area (Å²) in [7, 11) is 0. The van der Waals surface area contributed by atoms with Crippen LogP contribution in [0.5, 0.6) is 5.75 Å². The van der Waals surface area contributed by atoms with Crippen LogP contribution in [-0.2, 0) is 17.0 Å². The number of benzene rings is 3. The molecule has 1 atom stereocenters. The number of hydrogen-bond acceptors (Lipinski definition) is 3. The minimum atomic E-state index is -0.569. The molecule has 0 saturated carbocycles. The van der Waals surface area contributed by atoms with E-state index in [4.69, 9.17) is 4.74 Å². The number of nitrogens with one attached hydrogen (secondary N) is 1. The molecule has 3 rings (SSSR count). The van der Waals surface area contributed by atoms with Gasteiger partial charge in [0, 0.05) is 16.3 Å². The molecule has 0 aliphatic rings. The number of carbonyl (C=O) groups is 1. The van der Waals surface area contributed by atoms with E-state index in [-0.39, 0.29) is 5.91 Å². The van der Waals surface area contributed by atoms with Gasteiger partial charge >= 0.3 is 0 Å². The average molecular weight is 392 g/mol. The Morgan fingerprint density at radius 2 is 1.64 bits per heavy atom. The van der Waals surface area contributed by atoms with E-state index in [2.05, 4.69) is 24.4 Å². The van der Waals surface area contributed by atoms with Crippen molar-refractivity contribution >= 4 is 23.4 Å². The Bertz CT molecular complexity index is 894. The van der Waals surface area contributed by atoms with Crippen LogP contribution in [0.4, 0.5) is 5.69 Å². The zero-order valence-corrected chi connectivity index (χ0v) is 17.0. The largest absolute Gasteiger partial charge is 0.481 e. The van der Waals surface area contributed by atoms with Crippen LogP contribution in [-0.4, -0.2) is 12.0 Å². The standard InChI is InChI=1S/C24H25NO2S/c1-3-20-9-7-8-12-23(20)27-18(2)24(26)25-21-15-13-19(14-16-21)17-28-22-10-5-4-6-11-22/h4-16,18H,3,17H2,1-2H3,(H,25,26)/t18-/m0/s1. The van der Waals surface area contributed by atoms with Crippen LogP contribution in [0.2, 0.25) is 0 Å². The molecule has 0 spiro atoms. The Kier molecular flexibility index (Phi) is 7.15. The summed E-state index contributed by atoms with van der Waals surface area (Å²) < 4.78 is 5.87. The van der Waals surface area contributed by atoms with E-state index < -0.39 is 6.10 Å². The van der Waals surface area contributed by atoms with E-state index >= 15 is 0 Å². The number of hydrogen-bond donors (Lipinski definition) is 1. The lowest BCUT2D eigenvalue weighted by atomic mass is 10.1. The van der Waals surface area contributed by atoms with Gasteiger partial charge in [-0.25, -0.2) is 0 Å². The van der Waals surface area contributed by atoms with Crippen molar-refractivity contribution < 1.29 is 9.53 Å². The topological polar surface area (TPSA) is 38.3 Å². The molecule has 0 saturated heterocycles. The molecule has 0 aliphatic heterocycles. The minimum Gasteiger partial charge on any atom is -0.481 e. The van der Waals surface area contributed by atoms with Crippen LogP contribution >= 0.6 is 11.8 Å². The Balaban J connectivity index is 1.53. The number of para-hydroxylation sites is 1. The highest BCUT2D eigenvalue weighted by Crippen LogP contribution is 2.23. The van der Waals surface area contributed by atoms with E-state index in [1.54, 1.807) is 18.7 Å². The van der Waals surface area contributed by atoms with Gasteiger partial charge in [0.25, 0.3) is 5.91 Å². The number of ether oxygens (including phenoxy) is 1. The Morgan fingerprint density at radius 1 is 0.964 bits per heavy atom. The molecule has 0 aliphatic carbocycles. The Morgan fingerprint density at radius 3 is 2.36 bits per heavy atom. The molecular weight excluding hydrogens is 366 g/mol. The quantitative estimate of drug-likeness (QED) is 0.482. The first-order valence-corrected chi connectivity index (χ1v) is 10.5. The van der Waals surface area contributed by atoms with Gasteiger partial charge in [-0.1, -0.05) is 55.5 Å². The first kappa shape index (κ1) is 20.0. The second-order valence-electron chi connectivity index (χ2n) is 6.51. The maximum Gasteiger partial charge on any atom is 0.265 e. The van der Waals surface area contributed by atoms with Gasteiger partial charge in [-0.3, -0.25) is 4.79 Å². The number of anilines is 1. The molecule has 28 heavy (non-hydrogen) atoms. The lowest BCUT2D eigenvalue weighted by molar-refractivity contribution is -0.122. The first-order chi connectivity index (χ1) is 13.7. The highest BCUT2D eigenvalue weighted by atomic mass is 32.2. The number of thioether (sulfide) groups is 1. The molecular formula is C24H25NO2S. The summed E-state index contributed by atoms with van der Waals surface area (Å²) in [5, 5.41) is 2.93. The van der Waals surface area contributed by atoms with Crippen molar-refractivity contribution in [3.63, 3.8) is 0 Å². The lowest BCUT2D eigenvalue weighted by Gasteiger charge is -2.17. The molecule has 0 heterocycles. The van der Waals surface area contributed by atoms with Gasteiger partial charge in [-0.2, -0.15) is 0 Å². The number of amides is 1. The Hall–Kier alpha value is -2.72. The van der Waals surface area contributed by atoms with Crippen molar-refractivity contribution in [2.24, 2.45) is 0 Å². The van der Waals surface area contributed by atoms with Crippen molar-refractivity contribution in [1.29, 1.82) is 0 Å². The van der Waals surface area contributed by atoms with Gasteiger partial charge in [0.15, 0.2) is 6.10 Å². The van der Waals surface area contributed by atoms with E-state index in [0.717, 1.165) is 29.2 Å². The zero-order valence-electron chi connectivity index (χ0n) is 16.2. The van der Waals surface area contributed by atoms with E-state index in [1.165, 1.54) is 10.5 Å². The van der Waals surface area contributed by atoms with E-state index in [1.807, 2.05) is 66.7 Å². The van der Waals surface area contributed by atoms with Crippen molar-refractivity contribution in [3.8, 4) is 5.75 Å². The van der Waals surface area contributed by atoms with Crippen molar-refractivity contribution in [3.05, 3.63) is 90.0 Å². The van der Waals surface area contributed by atoms with Crippen molar-refractivity contribution in [1.82, 2.24) is 0 Å². The molecule has 3 aromatic rings. The fraction of sp³-hybridized carbons (Fsp3) is 0.208. The summed E-state index contributed by atoms with van der Waals surface area (Å²) in [6.07, 6.45) is 0.300. The predicted octanol–water partition coefficient (Wildman–Crippen LogP) is 5.95. The summed E-state index contributed by atoms with van der Waals surface area (Å²) in [4.78, 5) is 13.7. The third kappa shape index (κ3) is 5.64. The maximum atomic E-state index is 12.5. The molecule has 3 aromatic carbocycles. The highest BCUT2D eigenvalue weighted by molar-refractivity contribution is 7.98. The molecule has 0 unspecified atom stereocenters. The van der Waals surface area contributed by atoms with Gasteiger partial charge in [0.05, 0.1) is 0 Å². The number of carbonyl (C=O) groups excluding carboxylic acids is 1. The predicted molar refractivity (Wildman–Crippen MR) is 117 cm³/mol. The molecule has 0 aromatic heterocycles. The van der Waals surface area contributed by atoms with Gasteiger partial charge in [0.2, 0.25) is 0 Å². The molecule has 3 nitrogen and oxygen atoms in total. The lowest BCUT2D eigenvalue weighted by Crippen LogP contribution is -2.30. The van der Waals surface area contributed by atoms with Gasteiger partial charge in [-0.15, -0.1) is 11.8 Å². The normalized spacial score (nSPS) is 11.6. The smallest absolute Gasteiger partial charge is 0.265 e. The summed E-state index contributed by atoms with van der Waals surface area (Å²) in [5.74, 6) is 1.50.